The van der Waals surface area contributed by atoms with Gasteiger partial charge in [-0.2, -0.15) is 13.2 Å². The number of nitrogens with zero attached hydrogens (tertiary/aromatic N) is 1. The molecule has 1 saturated heterocycles. The van der Waals surface area contributed by atoms with Crippen molar-refractivity contribution in [2.45, 2.75) is 32.5 Å². The average molecular weight is 224 g/mol. The summed E-state index contributed by atoms with van der Waals surface area (Å²) >= 11 is 0. The number of amides is 1. The van der Waals surface area contributed by atoms with Crippen LogP contribution in [0.4, 0.5) is 13.2 Å². The maximum Gasteiger partial charge on any atom is 0.412 e. The molecule has 3 nitrogen and oxygen atoms in total. The summed E-state index contributed by atoms with van der Waals surface area (Å²) < 4.78 is 36.5. The summed E-state index contributed by atoms with van der Waals surface area (Å²) in [5, 5.41) is 0. The van der Waals surface area contributed by atoms with Crippen LogP contribution in [0.1, 0.15) is 20.3 Å². The van der Waals surface area contributed by atoms with E-state index in [0.29, 0.717) is 19.5 Å². The second kappa shape index (κ2) is 3.66. The van der Waals surface area contributed by atoms with Crippen LogP contribution in [-0.2, 0) is 4.79 Å². The molecule has 0 aromatic heterocycles. The molecule has 1 atom stereocenters. The monoisotopic (exact) mass is 224 g/mol. The molecule has 88 valence electrons. The predicted molar refractivity (Wildman–Crippen MR) is 49.0 cm³/mol. The topological polar surface area (TPSA) is 46.3 Å². The number of hydrogen-bond donors (Lipinski definition) is 1. The number of carbonyl (C=O) groups excluding carboxylic acids is 1. The molecule has 1 rings (SSSR count). The first-order chi connectivity index (χ1) is 6.63. The molecule has 0 aliphatic carbocycles. The Morgan fingerprint density at radius 2 is 2.00 bits per heavy atom. The lowest BCUT2D eigenvalue weighted by atomic mass is 9.93. The summed E-state index contributed by atoms with van der Waals surface area (Å²) in [5.74, 6) is -1.02. The van der Waals surface area contributed by atoms with Crippen molar-refractivity contribution in [3.05, 3.63) is 0 Å². The molecule has 0 aromatic carbocycles. The maximum atomic E-state index is 12.2. The van der Waals surface area contributed by atoms with Gasteiger partial charge in [-0.15, -0.1) is 0 Å². The highest BCUT2D eigenvalue weighted by Crippen LogP contribution is 2.30. The maximum absolute atomic E-state index is 12.2. The lowest BCUT2D eigenvalue weighted by molar-refractivity contribution is -0.169. The number of halogens is 3. The van der Waals surface area contributed by atoms with Crippen molar-refractivity contribution in [2.24, 2.45) is 11.1 Å². The Kier molecular flexibility index (Phi) is 3.00. The van der Waals surface area contributed by atoms with Crippen molar-refractivity contribution in [1.82, 2.24) is 4.90 Å². The highest BCUT2D eigenvalue weighted by atomic mass is 19.4. The van der Waals surface area contributed by atoms with E-state index in [4.69, 9.17) is 5.73 Å². The Bertz CT molecular complexity index is 263. The number of likely N-dealkylation sites (tertiary alicyclic amines) is 1. The van der Waals surface area contributed by atoms with E-state index in [1.165, 1.54) is 4.90 Å². The number of hydrogen-bond acceptors (Lipinski definition) is 2. The lowest BCUT2D eigenvalue weighted by Crippen LogP contribution is -2.51. The quantitative estimate of drug-likeness (QED) is 0.725. The molecular weight excluding hydrogens is 209 g/mol. The van der Waals surface area contributed by atoms with E-state index in [9.17, 15) is 18.0 Å². The summed E-state index contributed by atoms with van der Waals surface area (Å²) in [7, 11) is 0. The summed E-state index contributed by atoms with van der Waals surface area (Å²) in [4.78, 5) is 12.6. The van der Waals surface area contributed by atoms with Crippen molar-refractivity contribution in [2.75, 3.05) is 13.1 Å². The largest absolute Gasteiger partial charge is 0.412 e. The predicted octanol–water partition coefficient (Wildman–Crippen LogP) is 1.13. The summed E-state index contributed by atoms with van der Waals surface area (Å²) in [5.41, 5.74) is 4.74. The van der Waals surface area contributed by atoms with Gasteiger partial charge in [-0.05, 0) is 11.8 Å². The van der Waals surface area contributed by atoms with E-state index in [2.05, 4.69) is 0 Å². The third-order valence-electron chi connectivity index (χ3n) is 2.61. The molecule has 0 aromatic rings. The van der Waals surface area contributed by atoms with Crippen molar-refractivity contribution in [3.63, 3.8) is 0 Å². The van der Waals surface area contributed by atoms with Crippen LogP contribution in [0, 0.1) is 5.41 Å². The fraction of sp³-hybridized carbons (Fsp3) is 0.889. The zero-order valence-corrected chi connectivity index (χ0v) is 8.77. The molecule has 0 saturated carbocycles. The minimum absolute atomic E-state index is 0.110. The van der Waals surface area contributed by atoms with Crippen LogP contribution in [0.3, 0.4) is 0 Å². The van der Waals surface area contributed by atoms with E-state index in [1.807, 2.05) is 13.8 Å². The highest BCUT2D eigenvalue weighted by molar-refractivity contribution is 5.82. The van der Waals surface area contributed by atoms with E-state index in [1.54, 1.807) is 0 Å². The first-order valence-corrected chi connectivity index (χ1v) is 4.74. The van der Waals surface area contributed by atoms with Gasteiger partial charge in [0.15, 0.2) is 6.04 Å². The van der Waals surface area contributed by atoms with Gasteiger partial charge in [-0.1, -0.05) is 13.8 Å². The Hall–Kier alpha value is -0.780. The Balaban J connectivity index is 2.64. The van der Waals surface area contributed by atoms with Gasteiger partial charge in [0.25, 0.3) is 0 Å². The van der Waals surface area contributed by atoms with Gasteiger partial charge in [-0.3, -0.25) is 4.79 Å². The van der Waals surface area contributed by atoms with Crippen molar-refractivity contribution in [1.29, 1.82) is 0 Å². The molecule has 2 N–H and O–H groups in total. The molecule has 0 unspecified atom stereocenters. The first-order valence-electron chi connectivity index (χ1n) is 4.74. The lowest BCUT2D eigenvalue weighted by Gasteiger charge is -2.24. The van der Waals surface area contributed by atoms with E-state index in [-0.39, 0.29) is 5.41 Å². The van der Waals surface area contributed by atoms with E-state index >= 15 is 0 Å². The highest BCUT2D eigenvalue weighted by Gasteiger charge is 2.45. The van der Waals surface area contributed by atoms with Gasteiger partial charge in [0.1, 0.15) is 0 Å². The summed E-state index contributed by atoms with van der Waals surface area (Å²) in [6.45, 7) is 4.53. The van der Waals surface area contributed by atoms with Crippen LogP contribution in [0.2, 0.25) is 0 Å². The standard InChI is InChI=1S/C9H15F3N2O/c1-8(2)3-4-14(5-8)7(15)6(13)9(10,11)12/h6H,3-5,13H2,1-2H3/t6-/m1/s1. The molecule has 1 aliphatic heterocycles. The smallest absolute Gasteiger partial charge is 0.340 e. The Labute approximate surface area is 86.4 Å². The number of rotatable bonds is 1. The van der Waals surface area contributed by atoms with Gasteiger partial charge in [0.2, 0.25) is 5.91 Å². The summed E-state index contributed by atoms with van der Waals surface area (Å²) in [6.07, 6.45) is -3.94. The van der Waals surface area contributed by atoms with E-state index in [0.717, 1.165) is 0 Å². The average Bonchev–Trinajstić information content (AvgIpc) is 2.42. The van der Waals surface area contributed by atoms with Crippen LogP contribution < -0.4 is 5.73 Å². The molecule has 15 heavy (non-hydrogen) atoms. The molecule has 1 heterocycles. The second-order valence-electron chi connectivity index (χ2n) is 4.69. The van der Waals surface area contributed by atoms with Gasteiger partial charge < -0.3 is 10.6 Å². The first kappa shape index (κ1) is 12.3. The second-order valence-corrected chi connectivity index (χ2v) is 4.69. The number of carbonyl (C=O) groups is 1. The minimum atomic E-state index is -4.65. The van der Waals surface area contributed by atoms with Crippen molar-refractivity contribution >= 4 is 5.91 Å². The van der Waals surface area contributed by atoms with Crippen LogP contribution >= 0.6 is 0 Å². The third kappa shape index (κ3) is 2.84. The van der Waals surface area contributed by atoms with E-state index < -0.39 is 18.1 Å². The van der Waals surface area contributed by atoms with Crippen LogP contribution in [0.5, 0.6) is 0 Å². The van der Waals surface area contributed by atoms with Crippen LogP contribution in [0.15, 0.2) is 0 Å². The Morgan fingerprint density at radius 1 is 1.47 bits per heavy atom. The van der Waals surface area contributed by atoms with Crippen molar-refractivity contribution in [3.8, 4) is 0 Å². The van der Waals surface area contributed by atoms with Crippen LogP contribution in [0.25, 0.3) is 0 Å². The number of alkyl halides is 3. The molecule has 1 aliphatic rings. The molecule has 0 bridgehead atoms. The normalized spacial score (nSPS) is 22.9. The molecule has 1 fully saturated rings. The molecule has 0 spiro atoms. The molecule has 0 radical (unpaired) electrons. The van der Waals surface area contributed by atoms with Gasteiger partial charge in [-0.25, -0.2) is 0 Å². The van der Waals surface area contributed by atoms with Crippen LogP contribution in [-0.4, -0.2) is 36.1 Å². The van der Waals surface area contributed by atoms with Gasteiger partial charge >= 0.3 is 6.18 Å². The minimum Gasteiger partial charge on any atom is -0.340 e. The summed E-state index contributed by atoms with van der Waals surface area (Å²) in [6, 6.07) is -2.38. The van der Waals surface area contributed by atoms with Gasteiger partial charge in [0, 0.05) is 13.1 Å². The number of nitrogens with two attached hydrogens (primary N) is 1. The molecular formula is C9H15F3N2O. The Morgan fingerprint density at radius 3 is 2.33 bits per heavy atom. The third-order valence-corrected chi connectivity index (χ3v) is 2.61. The van der Waals surface area contributed by atoms with Gasteiger partial charge in [0.05, 0.1) is 0 Å². The SMILES string of the molecule is CC1(C)CCN(C(=O)[C@@H](N)C(F)(F)F)C1. The molecule has 6 heteroatoms. The zero-order chi connectivity index (χ0) is 11.9. The fourth-order valence-electron chi connectivity index (χ4n) is 1.64. The van der Waals surface area contributed by atoms with Crippen molar-refractivity contribution < 1.29 is 18.0 Å². The fourth-order valence-corrected chi connectivity index (χ4v) is 1.64. The zero-order valence-electron chi connectivity index (χ0n) is 8.77. The molecule has 1 amide bonds.